The van der Waals surface area contributed by atoms with Crippen LogP contribution in [0.5, 0.6) is 0 Å². The SMILES string of the molecule is CC(C)=CCCCCCCCCCCOC(=O)C#CC(=O)OCCCCCCCCCCC=C(C)C. The van der Waals surface area contributed by atoms with Gasteiger partial charge in [0.1, 0.15) is 0 Å². The van der Waals surface area contributed by atoms with Gasteiger partial charge in [0.05, 0.1) is 13.2 Å². The molecule has 0 aromatic carbocycles. The number of hydrogen-bond acceptors (Lipinski definition) is 4. The Morgan fingerprint density at radius 2 is 0.750 bits per heavy atom. The van der Waals surface area contributed by atoms with Gasteiger partial charge in [0, 0.05) is 11.8 Å². The van der Waals surface area contributed by atoms with Crippen molar-refractivity contribution in [1.82, 2.24) is 0 Å². The minimum absolute atomic E-state index is 0.362. The van der Waals surface area contributed by atoms with E-state index in [1.807, 2.05) is 0 Å². The second-order valence-corrected chi connectivity index (χ2v) is 10.3. The van der Waals surface area contributed by atoms with Crippen molar-refractivity contribution in [3.05, 3.63) is 23.3 Å². The third-order valence-corrected chi connectivity index (χ3v) is 6.04. The smallest absolute Gasteiger partial charge is 0.384 e. The maximum atomic E-state index is 11.6. The van der Waals surface area contributed by atoms with Crippen LogP contribution in [0.2, 0.25) is 0 Å². The molecule has 0 aliphatic heterocycles. The lowest BCUT2D eigenvalue weighted by atomic mass is 10.1. The maximum Gasteiger partial charge on any atom is 0.384 e. The van der Waals surface area contributed by atoms with Crippen LogP contribution in [0.3, 0.4) is 0 Å². The molecule has 0 saturated carbocycles. The zero-order chi connectivity index (χ0) is 26.7. The number of ether oxygens (including phenoxy) is 2. The fourth-order valence-electron chi connectivity index (χ4n) is 3.90. The summed E-state index contributed by atoms with van der Waals surface area (Å²) in [6.07, 6.45) is 26.0. The molecule has 0 N–H and O–H groups in total. The molecule has 0 aliphatic rings. The zero-order valence-corrected chi connectivity index (χ0v) is 23.9. The van der Waals surface area contributed by atoms with Gasteiger partial charge in [-0.3, -0.25) is 0 Å². The Bertz CT molecular complexity index is 614. The van der Waals surface area contributed by atoms with Crippen molar-refractivity contribution < 1.29 is 19.1 Å². The molecule has 36 heavy (non-hydrogen) atoms. The van der Waals surface area contributed by atoms with E-state index in [0.29, 0.717) is 13.2 Å². The molecule has 0 rings (SSSR count). The third-order valence-electron chi connectivity index (χ3n) is 6.04. The lowest BCUT2D eigenvalue weighted by Gasteiger charge is -2.03. The van der Waals surface area contributed by atoms with Crippen molar-refractivity contribution >= 4 is 11.9 Å². The predicted octanol–water partition coefficient (Wildman–Crippen LogP) is 9.03. The molecule has 0 saturated heterocycles. The lowest BCUT2D eigenvalue weighted by Crippen LogP contribution is -2.06. The molecular formula is C32H54O4. The lowest BCUT2D eigenvalue weighted by molar-refractivity contribution is -0.138. The van der Waals surface area contributed by atoms with Crippen molar-refractivity contribution in [2.75, 3.05) is 13.2 Å². The Labute approximate surface area is 222 Å². The van der Waals surface area contributed by atoms with Gasteiger partial charge >= 0.3 is 11.9 Å². The first-order valence-corrected chi connectivity index (χ1v) is 14.5. The van der Waals surface area contributed by atoms with Gasteiger partial charge in [-0.2, -0.15) is 0 Å². The maximum absolute atomic E-state index is 11.6. The average molecular weight is 503 g/mol. The van der Waals surface area contributed by atoms with Crippen LogP contribution < -0.4 is 0 Å². The Balaban J connectivity index is 3.46. The van der Waals surface area contributed by atoms with Crippen LogP contribution in [0.25, 0.3) is 0 Å². The number of hydrogen-bond donors (Lipinski definition) is 0. The largest absolute Gasteiger partial charge is 0.456 e. The Morgan fingerprint density at radius 1 is 0.472 bits per heavy atom. The molecule has 0 radical (unpaired) electrons. The second kappa shape index (κ2) is 26.1. The van der Waals surface area contributed by atoms with Gasteiger partial charge in [-0.25, -0.2) is 9.59 Å². The van der Waals surface area contributed by atoms with Gasteiger partial charge in [-0.1, -0.05) is 100 Å². The highest BCUT2D eigenvalue weighted by atomic mass is 16.5. The highest BCUT2D eigenvalue weighted by Crippen LogP contribution is 2.12. The van der Waals surface area contributed by atoms with E-state index in [4.69, 9.17) is 9.47 Å². The first kappa shape index (κ1) is 34.0. The number of unbranched alkanes of at least 4 members (excludes halogenated alkanes) is 16. The molecular weight excluding hydrogens is 448 g/mol. The van der Waals surface area contributed by atoms with Crippen LogP contribution in [-0.4, -0.2) is 25.2 Å². The highest BCUT2D eigenvalue weighted by Gasteiger charge is 2.01. The monoisotopic (exact) mass is 502 g/mol. The second-order valence-electron chi connectivity index (χ2n) is 10.3. The van der Waals surface area contributed by atoms with E-state index in [1.54, 1.807) is 0 Å². The summed E-state index contributed by atoms with van der Waals surface area (Å²) in [4.78, 5) is 23.3. The molecule has 0 heterocycles. The van der Waals surface area contributed by atoms with Crippen LogP contribution in [-0.2, 0) is 19.1 Å². The van der Waals surface area contributed by atoms with E-state index in [1.165, 1.54) is 101 Å². The Kier molecular flexibility index (Phi) is 24.6. The predicted molar refractivity (Wildman–Crippen MR) is 152 cm³/mol. The molecule has 0 bridgehead atoms. The van der Waals surface area contributed by atoms with Crippen molar-refractivity contribution in [3.8, 4) is 11.8 Å². The summed E-state index contributed by atoms with van der Waals surface area (Å²) in [7, 11) is 0. The Hall–Kier alpha value is -2.02. The van der Waals surface area contributed by atoms with Crippen LogP contribution in [0.4, 0.5) is 0 Å². The van der Waals surface area contributed by atoms with Gasteiger partial charge in [-0.15, -0.1) is 0 Å². The minimum atomic E-state index is -0.649. The van der Waals surface area contributed by atoms with Crippen LogP contribution in [0.1, 0.15) is 143 Å². The van der Waals surface area contributed by atoms with E-state index in [9.17, 15) is 9.59 Å². The van der Waals surface area contributed by atoms with Crippen LogP contribution in [0.15, 0.2) is 23.3 Å². The summed E-state index contributed by atoms with van der Waals surface area (Å²) < 4.78 is 10.2. The van der Waals surface area contributed by atoms with Gasteiger partial charge in [0.15, 0.2) is 0 Å². The fraction of sp³-hybridized carbons (Fsp3) is 0.750. The molecule has 0 spiro atoms. The van der Waals surface area contributed by atoms with Crippen molar-refractivity contribution in [3.63, 3.8) is 0 Å². The molecule has 4 heteroatoms. The van der Waals surface area contributed by atoms with Crippen LogP contribution >= 0.6 is 0 Å². The molecule has 0 aromatic heterocycles. The number of carbonyl (C=O) groups is 2. The summed E-state index contributed by atoms with van der Waals surface area (Å²) >= 11 is 0. The van der Waals surface area contributed by atoms with Crippen molar-refractivity contribution in [1.29, 1.82) is 0 Å². The van der Waals surface area contributed by atoms with Crippen LogP contribution in [0, 0.1) is 11.8 Å². The zero-order valence-electron chi connectivity index (χ0n) is 23.9. The number of esters is 2. The van der Waals surface area contributed by atoms with E-state index < -0.39 is 11.9 Å². The van der Waals surface area contributed by atoms with Gasteiger partial charge in [-0.05, 0) is 66.2 Å². The first-order valence-electron chi connectivity index (χ1n) is 14.5. The van der Waals surface area contributed by atoms with E-state index in [-0.39, 0.29) is 0 Å². The first-order chi connectivity index (χ1) is 17.4. The van der Waals surface area contributed by atoms with E-state index >= 15 is 0 Å². The normalized spacial score (nSPS) is 10.2. The van der Waals surface area contributed by atoms with Gasteiger partial charge in [0.25, 0.3) is 0 Å². The molecule has 0 atom stereocenters. The molecule has 4 nitrogen and oxygen atoms in total. The molecule has 0 aromatic rings. The Morgan fingerprint density at radius 3 is 1.06 bits per heavy atom. The number of carbonyl (C=O) groups excluding carboxylic acids is 2. The minimum Gasteiger partial charge on any atom is -0.456 e. The number of allylic oxidation sites excluding steroid dienone is 4. The van der Waals surface area contributed by atoms with E-state index in [2.05, 4.69) is 51.7 Å². The van der Waals surface area contributed by atoms with E-state index in [0.717, 1.165) is 25.7 Å². The molecule has 0 amide bonds. The van der Waals surface area contributed by atoms with Crippen molar-refractivity contribution in [2.24, 2.45) is 0 Å². The molecule has 0 unspecified atom stereocenters. The van der Waals surface area contributed by atoms with Crippen molar-refractivity contribution in [2.45, 2.75) is 143 Å². The fourth-order valence-corrected chi connectivity index (χ4v) is 3.90. The van der Waals surface area contributed by atoms with Gasteiger partial charge < -0.3 is 9.47 Å². The summed E-state index contributed by atoms with van der Waals surface area (Å²) in [5, 5.41) is 0. The third kappa shape index (κ3) is 28.2. The highest BCUT2D eigenvalue weighted by molar-refractivity contribution is 5.98. The summed E-state index contributed by atoms with van der Waals surface area (Å²) in [5.74, 6) is 3.16. The average Bonchev–Trinajstić information content (AvgIpc) is 2.83. The standard InChI is InChI=1S/C32H54O4/c1-29(2)23-19-15-11-7-5-9-13-17-21-27-35-31(33)25-26-32(34)36-28-22-18-14-10-6-8-12-16-20-24-30(3)4/h23-24H,5-22,27-28H2,1-4H3. The molecule has 206 valence electrons. The summed E-state index contributed by atoms with van der Waals surface area (Å²) in [6.45, 7) is 9.33. The number of rotatable bonds is 22. The quantitative estimate of drug-likeness (QED) is 0.0487. The molecule has 0 aliphatic carbocycles. The topological polar surface area (TPSA) is 52.6 Å². The summed E-state index contributed by atoms with van der Waals surface area (Å²) in [6, 6.07) is 0. The summed E-state index contributed by atoms with van der Waals surface area (Å²) in [5.41, 5.74) is 2.82. The molecule has 0 fully saturated rings. The van der Waals surface area contributed by atoms with Gasteiger partial charge in [0.2, 0.25) is 0 Å².